The predicted molar refractivity (Wildman–Crippen MR) is 96.5 cm³/mol. The van der Waals surface area contributed by atoms with Crippen molar-refractivity contribution >= 4 is 5.91 Å². The van der Waals surface area contributed by atoms with E-state index in [1.54, 1.807) is 24.3 Å². The van der Waals surface area contributed by atoms with Gasteiger partial charge in [-0.05, 0) is 49.4 Å². The third-order valence-electron chi connectivity index (χ3n) is 4.99. The monoisotopic (exact) mass is 342 g/mol. The Kier molecular flexibility index (Phi) is 5.95. The lowest BCUT2D eigenvalue weighted by atomic mass is 9.96. The van der Waals surface area contributed by atoms with E-state index in [2.05, 4.69) is 10.8 Å². The summed E-state index contributed by atoms with van der Waals surface area (Å²) < 4.78 is 5.35. The number of ether oxygens (including phenoxy) is 1. The summed E-state index contributed by atoms with van der Waals surface area (Å²) in [5.41, 5.74) is 0.685. The second-order valence-electron chi connectivity index (χ2n) is 6.98. The molecule has 0 saturated carbocycles. The third kappa shape index (κ3) is 4.75. The number of β-amino-alcohol motifs (C(OH)–C–C–N with tert-alkyl or cyclic N) is 1. The predicted octanol–water partition coefficient (Wildman–Crippen LogP) is 1.62. The number of terminal acetylenes is 1. The van der Waals surface area contributed by atoms with Crippen molar-refractivity contribution in [1.29, 1.82) is 0 Å². The molecule has 1 N–H and O–H groups in total. The number of rotatable bonds is 5. The van der Waals surface area contributed by atoms with Crippen LogP contribution in [0.2, 0.25) is 0 Å². The Bertz CT molecular complexity index is 623. The van der Waals surface area contributed by atoms with Crippen LogP contribution in [0.15, 0.2) is 24.3 Å². The van der Waals surface area contributed by atoms with Crippen molar-refractivity contribution in [2.24, 2.45) is 5.92 Å². The average molecular weight is 342 g/mol. The van der Waals surface area contributed by atoms with E-state index in [4.69, 9.17) is 11.2 Å². The molecule has 0 aliphatic carbocycles. The van der Waals surface area contributed by atoms with Crippen molar-refractivity contribution in [2.75, 3.05) is 39.3 Å². The minimum Gasteiger partial charge on any atom is -0.481 e. The van der Waals surface area contributed by atoms with Crippen LogP contribution in [0.25, 0.3) is 0 Å². The first kappa shape index (κ1) is 17.8. The van der Waals surface area contributed by atoms with Gasteiger partial charge in [0.25, 0.3) is 5.91 Å². The number of aliphatic hydroxyl groups excluding tert-OH is 1. The van der Waals surface area contributed by atoms with E-state index in [9.17, 15) is 9.90 Å². The highest BCUT2D eigenvalue weighted by atomic mass is 16.5. The molecule has 2 aliphatic rings. The van der Waals surface area contributed by atoms with Gasteiger partial charge in [0.2, 0.25) is 0 Å². The molecule has 1 amide bonds. The summed E-state index contributed by atoms with van der Waals surface area (Å²) >= 11 is 0. The van der Waals surface area contributed by atoms with Gasteiger partial charge < -0.3 is 19.6 Å². The number of hydrogen-bond acceptors (Lipinski definition) is 4. The number of hydrogen-bond donors (Lipinski definition) is 1. The molecule has 2 atom stereocenters. The van der Waals surface area contributed by atoms with Gasteiger partial charge in [-0.2, -0.15) is 0 Å². The molecule has 2 fully saturated rings. The fourth-order valence-electron chi connectivity index (χ4n) is 3.74. The Morgan fingerprint density at radius 2 is 2.04 bits per heavy atom. The Hall–Kier alpha value is -2.03. The molecule has 1 aromatic rings. The van der Waals surface area contributed by atoms with Gasteiger partial charge in [0.05, 0.1) is 6.10 Å². The second-order valence-corrected chi connectivity index (χ2v) is 6.98. The molecule has 1 aromatic carbocycles. The van der Waals surface area contributed by atoms with Crippen LogP contribution >= 0.6 is 0 Å². The SMILES string of the molecule is C#CCOc1ccc(C(=O)N2CCC[C@@H](CN3CC[C@@H](O)C3)C2)cc1. The number of likely N-dealkylation sites (tertiary alicyclic amines) is 2. The number of nitrogens with zero attached hydrogens (tertiary/aromatic N) is 2. The van der Waals surface area contributed by atoms with Crippen molar-refractivity contribution in [3.05, 3.63) is 29.8 Å². The number of amides is 1. The van der Waals surface area contributed by atoms with Crippen molar-refractivity contribution in [3.8, 4) is 18.1 Å². The van der Waals surface area contributed by atoms with Gasteiger partial charge in [0.15, 0.2) is 0 Å². The number of carbonyl (C=O) groups excluding carboxylic acids is 1. The van der Waals surface area contributed by atoms with E-state index in [0.29, 0.717) is 17.2 Å². The number of benzene rings is 1. The largest absolute Gasteiger partial charge is 0.481 e. The van der Waals surface area contributed by atoms with Crippen molar-refractivity contribution in [1.82, 2.24) is 9.80 Å². The highest BCUT2D eigenvalue weighted by Crippen LogP contribution is 2.22. The quantitative estimate of drug-likeness (QED) is 0.826. The maximum absolute atomic E-state index is 12.8. The molecular formula is C20H26N2O3. The van der Waals surface area contributed by atoms with Crippen LogP contribution in [-0.4, -0.2) is 66.2 Å². The van der Waals surface area contributed by atoms with E-state index >= 15 is 0 Å². The van der Waals surface area contributed by atoms with Gasteiger partial charge in [0, 0.05) is 38.3 Å². The molecule has 134 valence electrons. The van der Waals surface area contributed by atoms with Crippen molar-refractivity contribution in [2.45, 2.75) is 25.4 Å². The Morgan fingerprint density at radius 3 is 2.72 bits per heavy atom. The lowest BCUT2D eigenvalue weighted by Gasteiger charge is -2.34. The average Bonchev–Trinajstić information content (AvgIpc) is 3.05. The molecule has 5 nitrogen and oxygen atoms in total. The van der Waals surface area contributed by atoms with Crippen LogP contribution in [0.4, 0.5) is 0 Å². The van der Waals surface area contributed by atoms with Crippen molar-refractivity contribution in [3.63, 3.8) is 0 Å². The molecule has 0 spiro atoms. The number of piperidine rings is 1. The van der Waals surface area contributed by atoms with Crippen LogP contribution in [0.3, 0.4) is 0 Å². The second kappa shape index (κ2) is 8.37. The highest BCUT2D eigenvalue weighted by molar-refractivity contribution is 5.94. The molecular weight excluding hydrogens is 316 g/mol. The third-order valence-corrected chi connectivity index (χ3v) is 4.99. The smallest absolute Gasteiger partial charge is 0.253 e. The van der Waals surface area contributed by atoms with Crippen molar-refractivity contribution < 1.29 is 14.6 Å². The fraction of sp³-hybridized carbons (Fsp3) is 0.550. The highest BCUT2D eigenvalue weighted by Gasteiger charge is 2.28. The van der Waals surface area contributed by atoms with Gasteiger partial charge in [-0.1, -0.05) is 5.92 Å². The van der Waals surface area contributed by atoms with Gasteiger partial charge in [-0.15, -0.1) is 6.42 Å². The summed E-state index contributed by atoms with van der Waals surface area (Å²) in [6.07, 6.45) is 8.04. The molecule has 0 radical (unpaired) electrons. The summed E-state index contributed by atoms with van der Waals surface area (Å²) in [7, 11) is 0. The number of carbonyl (C=O) groups is 1. The van der Waals surface area contributed by atoms with Crippen LogP contribution in [-0.2, 0) is 0 Å². The maximum Gasteiger partial charge on any atom is 0.253 e. The van der Waals surface area contributed by atoms with Gasteiger partial charge in [-0.3, -0.25) is 4.79 Å². The summed E-state index contributed by atoms with van der Waals surface area (Å²) in [5.74, 6) is 3.67. The van der Waals surface area contributed by atoms with Gasteiger partial charge in [0.1, 0.15) is 12.4 Å². The minimum atomic E-state index is -0.184. The van der Waals surface area contributed by atoms with E-state index in [1.807, 2.05) is 4.90 Å². The van der Waals surface area contributed by atoms with Crippen LogP contribution in [0, 0.1) is 18.3 Å². The first-order valence-corrected chi connectivity index (χ1v) is 9.01. The van der Waals surface area contributed by atoms with Gasteiger partial charge in [-0.25, -0.2) is 0 Å². The molecule has 2 aliphatic heterocycles. The van der Waals surface area contributed by atoms with E-state index in [1.165, 1.54) is 0 Å². The summed E-state index contributed by atoms with van der Waals surface area (Å²) in [4.78, 5) is 17.0. The van der Waals surface area contributed by atoms with E-state index in [0.717, 1.165) is 52.0 Å². The molecule has 0 aromatic heterocycles. The molecule has 5 heteroatoms. The lowest BCUT2D eigenvalue weighted by Crippen LogP contribution is -2.43. The first-order valence-electron chi connectivity index (χ1n) is 9.01. The topological polar surface area (TPSA) is 53.0 Å². The molecule has 0 unspecified atom stereocenters. The summed E-state index contributed by atoms with van der Waals surface area (Å²) in [5, 5.41) is 9.67. The van der Waals surface area contributed by atoms with Crippen LogP contribution in [0.1, 0.15) is 29.6 Å². The molecule has 25 heavy (non-hydrogen) atoms. The summed E-state index contributed by atoms with van der Waals surface area (Å²) in [6.45, 7) is 4.54. The fourth-order valence-corrected chi connectivity index (χ4v) is 3.74. The zero-order valence-electron chi connectivity index (χ0n) is 14.6. The molecule has 2 saturated heterocycles. The first-order chi connectivity index (χ1) is 12.2. The number of aliphatic hydroxyl groups is 1. The van der Waals surface area contributed by atoms with Gasteiger partial charge >= 0.3 is 0 Å². The van der Waals surface area contributed by atoms with E-state index < -0.39 is 0 Å². The Morgan fingerprint density at radius 1 is 1.24 bits per heavy atom. The van der Waals surface area contributed by atoms with E-state index in [-0.39, 0.29) is 18.6 Å². The van der Waals surface area contributed by atoms with Crippen LogP contribution in [0.5, 0.6) is 5.75 Å². The lowest BCUT2D eigenvalue weighted by molar-refractivity contribution is 0.0642. The summed E-state index contributed by atoms with van der Waals surface area (Å²) in [6, 6.07) is 7.18. The standard InChI is InChI=1S/C20H26N2O3/c1-2-12-25-19-7-5-17(6-8-19)20(24)22-10-3-4-16(14-22)13-21-11-9-18(23)15-21/h1,5-8,16,18,23H,3-4,9-15H2/t16-,18+/m0/s1. The zero-order chi connectivity index (χ0) is 17.6. The van der Waals surface area contributed by atoms with Crippen LogP contribution < -0.4 is 4.74 Å². The zero-order valence-corrected chi connectivity index (χ0v) is 14.6. The Balaban J connectivity index is 1.55. The minimum absolute atomic E-state index is 0.0784. The molecule has 2 heterocycles. The molecule has 3 rings (SSSR count). The Labute approximate surface area is 149 Å². The maximum atomic E-state index is 12.8. The molecule has 0 bridgehead atoms. The normalized spacial score (nSPS) is 24.1.